The third-order valence-electron chi connectivity index (χ3n) is 5.43. The summed E-state index contributed by atoms with van der Waals surface area (Å²) in [7, 11) is 1.81. The molecule has 0 aliphatic carbocycles. The first-order valence-electron chi connectivity index (χ1n) is 10.4. The Hall–Kier alpha value is -2.56. The maximum Gasteiger partial charge on any atom is 0.191 e. The van der Waals surface area contributed by atoms with Crippen LogP contribution in [0.3, 0.4) is 0 Å². The molecule has 1 aliphatic heterocycles. The zero-order chi connectivity index (χ0) is 19.8. The van der Waals surface area contributed by atoms with Crippen molar-refractivity contribution in [1.82, 2.24) is 15.6 Å². The third-order valence-corrected chi connectivity index (χ3v) is 5.43. The Balaban J connectivity index is 1.59. The lowest BCUT2D eigenvalue weighted by molar-refractivity contribution is 0.681. The highest BCUT2D eigenvalue weighted by Crippen LogP contribution is 2.19. The number of guanidine groups is 1. The highest BCUT2D eigenvalue weighted by Gasteiger charge is 2.12. The second-order valence-electron chi connectivity index (χ2n) is 7.57. The van der Waals surface area contributed by atoms with Gasteiger partial charge in [0.2, 0.25) is 0 Å². The fourth-order valence-electron chi connectivity index (χ4n) is 3.78. The van der Waals surface area contributed by atoms with Gasteiger partial charge in [-0.1, -0.05) is 37.1 Å². The van der Waals surface area contributed by atoms with E-state index in [0.29, 0.717) is 0 Å². The molecule has 0 saturated carbocycles. The number of anilines is 1. The van der Waals surface area contributed by atoms with Crippen molar-refractivity contribution in [3.8, 4) is 0 Å². The average Bonchev–Trinajstić information content (AvgIpc) is 3.01. The van der Waals surface area contributed by atoms with Gasteiger partial charge in [0.15, 0.2) is 5.96 Å². The summed E-state index contributed by atoms with van der Waals surface area (Å²) in [5.41, 5.74) is 3.80. The van der Waals surface area contributed by atoms with Crippen molar-refractivity contribution in [1.29, 1.82) is 0 Å². The number of pyridine rings is 1. The summed E-state index contributed by atoms with van der Waals surface area (Å²) in [6, 6.07) is 12.9. The normalized spacial score (nSPS) is 16.4. The number of rotatable bonds is 5. The van der Waals surface area contributed by atoms with E-state index in [-0.39, 0.29) is 6.04 Å². The van der Waals surface area contributed by atoms with E-state index in [1.807, 2.05) is 13.2 Å². The molecule has 2 N–H and O–H groups in total. The summed E-state index contributed by atoms with van der Waals surface area (Å²) in [4.78, 5) is 11.4. The standard InChI is InChI=1S/C23H33N5/c1-18-10-6-7-11-21(18)19(2)27-23(24-3)26-17-20-12-13-25-22(16-20)28-14-8-4-5-9-15-28/h6-7,10-13,16,19H,4-5,8-9,14-15,17H2,1-3H3,(H2,24,26,27). The van der Waals surface area contributed by atoms with Gasteiger partial charge in [0.05, 0.1) is 6.04 Å². The zero-order valence-electron chi connectivity index (χ0n) is 17.4. The lowest BCUT2D eigenvalue weighted by atomic mass is 10.0. The largest absolute Gasteiger partial charge is 0.357 e. The molecule has 1 aromatic heterocycles. The van der Waals surface area contributed by atoms with Crippen LogP contribution in [0, 0.1) is 6.92 Å². The molecular weight excluding hydrogens is 346 g/mol. The van der Waals surface area contributed by atoms with Crippen molar-refractivity contribution in [2.75, 3.05) is 25.0 Å². The van der Waals surface area contributed by atoms with Crippen molar-refractivity contribution in [3.05, 3.63) is 59.3 Å². The van der Waals surface area contributed by atoms with Gasteiger partial charge in [-0.15, -0.1) is 0 Å². The Morgan fingerprint density at radius 1 is 1.14 bits per heavy atom. The van der Waals surface area contributed by atoms with Crippen LogP contribution in [0.2, 0.25) is 0 Å². The minimum atomic E-state index is 0.192. The quantitative estimate of drug-likeness (QED) is 0.604. The molecule has 1 fully saturated rings. The summed E-state index contributed by atoms with van der Waals surface area (Å²) in [5, 5.41) is 6.93. The molecule has 0 amide bonds. The topological polar surface area (TPSA) is 52.6 Å². The summed E-state index contributed by atoms with van der Waals surface area (Å²) in [6.45, 7) is 7.26. The van der Waals surface area contributed by atoms with Gasteiger partial charge in [-0.25, -0.2) is 4.98 Å². The second-order valence-corrected chi connectivity index (χ2v) is 7.57. The van der Waals surface area contributed by atoms with Gasteiger partial charge >= 0.3 is 0 Å². The molecule has 5 heteroatoms. The predicted octanol–water partition coefficient (Wildman–Crippen LogP) is 4.20. The molecule has 1 aliphatic rings. The molecule has 1 aromatic carbocycles. The van der Waals surface area contributed by atoms with E-state index >= 15 is 0 Å². The second kappa shape index (κ2) is 10.1. The third kappa shape index (κ3) is 5.47. The van der Waals surface area contributed by atoms with Crippen molar-refractivity contribution in [2.24, 2.45) is 4.99 Å². The number of hydrogen-bond donors (Lipinski definition) is 2. The molecule has 28 heavy (non-hydrogen) atoms. The van der Waals surface area contributed by atoms with Crippen molar-refractivity contribution in [2.45, 2.75) is 52.1 Å². The minimum absolute atomic E-state index is 0.192. The van der Waals surface area contributed by atoms with E-state index in [2.05, 4.69) is 75.8 Å². The maximum absolute atomic E-state index is 4.60. The summed E-state index contributed by atoms with van der Waals surface area (Å²) in [5.74, 6) is 1.90. The maximum atomic E-state index is 4.60. The zero-order valence-corrected chi connectivity index (χ0v) is 17.4. The highest BCUT2D eigenvalue weighted by atomic mass is 15.2. The first-order chi connectivity index (χ1) is 13.7. The molecule has 5 nitrogen and oxygen atoms in total. The van der Waals surface area contributed by atoms with Crippen molar-refractivity contribution < 1.29 is 0 Å². The van der Waals surface area contributed by atoms with Crippen LogP contribution < -0.4 is 15.5 Å². The van der Waals surface area contributed by atoms with Crippen LogP contribution in [0.25, 0.3) is 0 Å². The smallest absolute Gasteiger partial charge is 0.191 e. The molecule has 150 valence electrons. The Bertz CT molecular complexity index is 778. The molecule has 1 atom stereocenters. The van der Waals surface area contributed by atoms with Crippen LogP contribution in [-0.2, 0) is 6.54 Å². The van der Waals surface area contributed by atoms with Gasteiger partial charge in [-0.2, -0.15) is 0 Å². The van der Waals surface area contributed by atoms with Crippen LogP contribution in [0.4, 0.5) is 5.82 Å². The number of aliphatic imine (C=N–C) groups is 1. The number of aromatic nitrogens is 1. The number of aryl methyl sites for hydroxylation is 1. The lowest BCUT2D eigenvalue weighted by Crippen LogP contribution is -2.38. The first-order valence-corrected chi connectivity index (χ1v) is 10.4. The molecule has 2 heterocycles. The molecular formula is C23H33N5. The van der Waals surface area contributed by atoms with Crippen molar-refractivity contribution >= 4 is 11.8 Å². The number of nitrogens with one attached hydrogen (secondary N) is 2. The SMILES string of the molecule is CN=C(NCc1ccnc(N2CCCCCC2)c1)NC(C)c1ccccc1C. The van der Waals surface area contributed by atoms with Gasteiger partial charge in [-0.05, 0) is 55.5 Å². The fourth-order valence-corrected chi connectivity index (χ4v) is 3.78. The number of benzene rings is 1. The highest BCUT2D eigenvalue weighted by molar-refractivity contribution is 5.80. The average molecular weight is 380 g/mol. The Morgan fingerprint density at radius 2 is 1.89 bits per heavy atom. The predicted molar refractivity (Wildman–Crippen MR) is 118 cm³/mol. The number of nitrogens with zero attached hydrogens (tertiary/aromatic N) is 3. The van der Waals surface area contributed by atoms with Gasteiger partial charge in [-0.3, -0.25) is 4.99 Å². The molecule has 1 saturated heterocycles. The fraction of sp³-hybridized carbons (Fsp3) is 0.478. The van der Waals surface area contributed by atoms with Crippen LogP contribution in [0.1, 0.15) is 55.3 Å². The van der Waals surface area contributed by atoms with E-state index in [1.54, 1.807) is 0 Å². The molecule has 0 spiro atoms. The molecule has 3 rings (SSSR count). The monoisotopic (exact) mass is 379 g/mol. The van der Waals surface area contributed by atoms with E-state index < -0.39 is 0 Å². The first kappa shape index (κ1) is 20.2. The van der Waals surface area contributed by atoms with Gasteiger partial charge < -0.3 is 15.5 Å². The Labute approximate surface area is 169 Å². The van der Waals surface area contributed by atoms with Gasteiger partial charge in [0.1, 0.15) is 5.82 Å². The van der Waals surface area contributed by atoms with Gasteiger partial charge in [0, 0.05) is 32.9 Å². The Morgan fingerprint density at radius 3 is 2.61 bits per heavy atom. The van der Waals surface area contributed by atoms with Crippen LogP contribution in [0.15, 0.2) is 47.6 Å². The van der Waals surface area contributed by atoms with Crippen LogP contribution >= 0.6 is 0 Å². The van der Waals surface area contributed by atoms with Crippen LogP contribution in [-0.4, -0.2) is 31.1 Å². The minimum Gasteiger partial charge on any atom is -0.357 e. The van der Waals surface area contributed by atoms with E-state index in [1.165, 1.54) is 42.4 Å². The molecule has 2 aromatic rings. The van der Waals surface area contributed by atoms with Crippen LogP contribution in [0.5, 0.6) is 0 Å². The summed E-state index contributed by atoms with van der Waals surface area (Å²) in [6.07, 6.45) is 7.11. The lowest BCUT2D eigenvalue weighted by Gasteiger charge is -2.22. The molecule has 1 unspecified atom stereocenters. The summed E-state index contributed by atoms with van der Waals surface area (Å²) < 4.78 is 0. The molecule has 0 bridgehead atoms. The number of hydrogen-bond acceptors (Lipinski definition) is 3. The summed E-state index contributed by atoms with van der Waals surface area (Å²) >= 11 is 0. The van der Waals surface area contributed by atoms with E-state index in [9.17, 15) is 0 Å². The van der Waals surface area contributed by atoms with E-state index in [4.69, 9.17) is 0 Å². The van der Waals surface area contributed by atoms with Gasteiger partial charge in [0.25, 0.3) is 0 Å². The molecule has 0 radical (unpaired) electrons. The Kier molecular flexibility index (Phi) is 7.29. The van der Waals surface area contributed by atoms with Crippen molar-refractivity contribution in [3.63, 3.8) is 0 Å². The van der Waals surface area contributed by atoms with E-state index in [0.717, 1.165) is 31.4 Å².